The molecule has 0 bridgehead atoms. The molecule has 2 N–H and O–H groups in total. The van der Waals surface area contributed by atoms with E-state index in [1.807, 2.05) is 24.3 Å². The molecule has 1 aromatic rings. The Morgan fingerprint density at radius 2 is 2.20 bits per heavy atom. The number of hydrogen-bond donors (Lipinski definition) is 1. The molecule has 0 aromatic heterocycles. The molecule has 0 saturated carbocycles. The fourth-order valence-corrected chi connectivity index (χ4v) is 2.98. The molecule has 3 nitrogen and oxygen atoms in total. The zero-order chi connectivity index (χ0) is 14.4. The molecule has 3 heteroatoms. The van der Waals surface area contributed by atoms with Gasteiger partial charge >= 0.3 is 0 Å². The molecule has 0 aliphatic carbocycles. The first kappa shape index (κ1) is 14.9. The molecule has 1 atom stereocenters. The van der Waals surface area contributed by atoms with Gasteiger partial charge in [0.1, 0.15) is 0 Å². The molecule has 0 spiro atoms. The van der Waals surface area contributed by atoms with Crippen molar-refractivity contribution < 1.29 is 4.79 Å². The number of carbonyl (C=O) groups excluding carboxylic acids is 1. The van der Waals surface area contributed by atoms with Gasteiger partial charge in [-0.15, -0.1) is 0 Å². The lowest BCUT2D eigenvalue weighted by Crippen LogP contribution is -2.32. The summed E-state index contributed by atoms with van der Waals surface area (Å²) >= 11 is 0. The van der Waals surface area contributed by atoms with Crippen molar-refractivity contribution in [3.05, 3.63) is 29.8 Å². The lowest BCUT2D eigenvalue weighted by molar-refractivity contribution is -0.131. The van der Waals surface area contributed by atoms with Gasteiger partial charge in [0, 0.05) is 25.2 Å². The third-order valence-corrected chi connectivity index (χ3v) is 4.36. The largest absolute Gasteiger partial charge is 0.399 e. The van der Waals surface area contributed by atoms with Crippen LogP contribution in [0.1, 0.15) is 44.6 Å². The van der Waals surface area contributed by atoms with E-state index in [9.17, 15) is 4.79 Å². The number of hydrogen-bond acceptors (Lipinski definition) is 2. The van der Waals surface area contributed by atoms with Gasteiger partial charge in [-0.3, -0.25) is 4.79 Å². The second-order valence-corrected chi connectivity index (χ2v) is 5.83. The molecule has 1 amide bonds. The summed E-state index contributed by atoms with van der Waals surface area (Å²) in [4.78, 5) is 14.4. The third-order valence-electron chi connectivity index (χ3n) is 4.36. The van der Waals surface area contributed by atoms with Crippen molar-refractivity contribution in [3.63, 3.8) is 0 Å². The normalized spacial score (nSPS) is 19.6. The molecular formula is C17H26N2O. The Kier molecular flexibility index (Phi) is 5.45. The smallest absolute Gasteiger partial charge is 0.222 e. The molecule has 1 aromatic carbocycles. The summed E-state index contributed by atoms with van der Waals surface area (Å²) in [5.74, 6) is 1.10. The van der Waals surface area contributed by atoms with E-state index in [1.54, 1.807) is 0 Å². The summed E-state index contributed by atoms with van der Waals surface area (Å²) in [7, 11) is 0. The van der Waals surface area contributed by atoms with Gasteiger partial charge in [0.15, 0.2) is 0 Å². The van der Waals surface area contributed by atoms with Crippen LogP contribution in [0.25, 0.3) is 0 Å². The average molecular weight is 274 g/mol. The van der Waals surface area contributed by atoms with Crippen molar-refractivity contribution in [2.75, 3.05) is 18.8 Å². The number of amides is 1. The number of benzene rings is 1. The first-order valence-corrected chi connectivity index (χ1v) is 7.81. The molecule has 1 aliphatic rings. The number of nitrogens with zero attached hydrogens (tertiary/aromatic N) is 1. The summed E-state index contributed by atoms with van der Waals surface area (Å²) in [6.45, 7) is 4.13. The van der Waals surface area contributed by atoms with Crippen molar-refractivity contribution in [3.8, 4) is 0 Å². The Morgan fingerprint density at radius 3 is 2.95 bits per heavy atom. The van der Waals surface area contributed by atoms with Gasteiger partial charge in [-0.25, -0.2) is 0 Å². The molecule has 1 fully saturated rings. The van der Waals surface area contributed by atoms with Crippen molar-refractivity contribution in [2.24, 2.45) is 5.92 Å². The summed E-state index contributed by atoms with van der Waals surface area (Å²) in [6, 6.07) is 7.83. The highest BCUT2D eigenvalue weighted by Crippen LogP contribution is 2.21. The van der Waals surface area contributed by atoms with Crippen molar-refractivity contribution in [1.82, 2.24) is 4.90 Å². The lowest BCUT2D eigenvalue weighted by atomic mass is 9.98. The van der Waals surface area contributed by atoms with Crippen LogP contribution < -0.4 is 5.73 Å². The molecule has 1 heterocycles. The van der Waals surface area contributed by atoms with E-state index in [1.165, 1.54) is 19.3 Å². The summed E-state index contributed by atoms with van der Waals surface area (Å²) in [5.41, 5.74) is 7.69. The summed E-state index contributed by atoms with van der Waals surface area (Å²) in [6.07, 6.45) is 6.22. The predicted octanol–water partition coefficient (Wildman–Crippen LogP) is 3.24. The minimum Gasteiger partial charge on any atom is -0.399 e. The van der Waals surface area contributed by atoms with Crippen LogP contribution in [0.4, 0.5) is 5.69 Å². The lowest BCUT2D eigenvalue weighted by Gasteiger charge is -2.20. The van der Waals surface area contributed by atoms with E-state index in [0.29, 0.717) is 12.3 Å². The maximum Gasteiger partial charge on any atom is 0.222 e. The molecule has 2 rings (SSSR count). The first-order chi connectivity index (χ1) is 9.69. The van der Waals surface area contributed by atoms with Gasteiger partial charge in [0.25, 0.3) is 0 Å². The number of rotatable bonds is 4. The van der Waals surface area contributed by atoms with Crippen LogP contribution in [-0.4, -0.2) is 23.9 Å². The number of aryl methyl sites for hydroxylation is 1. The van der Waals surface area contributed by atoms with Crippen molar-refractivity contribution in [1.29, 1.82) is 0 Å². The van der Waals surface area contributed by atoms with Gasteiger partial charge in [-0.05, 0) is 49.3 Å². The molecule has 20 heavy (non-hydrogen) atoms. The number of likely N-dealkylation sites (tertiary alicyclic amines) is 1. The predicted molar refractivity (Wildman–Crippen MR) is 83.4 cm³/mol. The second kappa shape index (κ2) is 7.32. The Morgan fingerprint density at radius 1 is 1.35 bits per heavy atom. The van der Waals surface area contributed by atoms with Gasteiger partial charge in [-0.2, -0.15) is 0 Å². The minimum absolute atomic E-state index is 0.296. The monoisotopic (exact) mass is 274 g/mol. The standard InChI is InChI=1S/C17H26N2O/c1-2-14-6-4-11-19(12-10-14)17(20)9-8-15-5-3-7-16(18)13-15/h3,5,7,13-14H,2,4,6,8-12,18H2,1H3. The fourth-order valence-electron chi connectivity index (χ4n) is 2.98. The average Bonchev–Trinajstić information content (AvgIpc) is 2.70. The van der Waals surface area contributed by atoms with Gasteiger partial charge in [0.05, 0.1) is 0 Å². The molecule has 1 saturated heterocycles. The van der Waals surface area contributed by atoms with Crippen LogP contribution in [0.5, 0.6) is 0 Å². The van der Waals surface area contributed by atoms with Crippen molar-refractivity contribution >= 4 is 11.6 Å². The highest BCUT2D eigenvalue weighted by molar-refractivity contribution is 5.76. The van der Waals surface area contributed by atoms with Gasteiger partial charge in [-0.1, -0.05) is 25.5 Å². The highest BCUT2D eigenvalue weighted by Gasteiger charge is 2.19. The van der Waals surface area contributed by atoms with Crippen molar-refractivity contribution in [2.45, 2.75) is 45.4 Å². The van der Waals surface area contributed by atoms with Gasteiger partial charge < -0.3 is 10.6 Å². The van der Waals surface area contributed by atoms with Crippen LogP contribution in [0, 0.1) is 5.92 Å². The zero-order valence-electron chi connectivity index (χ0n) is 12.5. The second-order valence-electron chi connectivity index (χ2n) is 5.83. The quantitative estimate of drug-likeness (QED) is 0.857. The molecule has 110 valence electrons. The third kappa shape index (κ3) is 4.26. The fraction of sp³-hybridized carbons (Fsp3) is 0.588. The van der Waals surface area contributed by atoms with Crippen LogP contribution in [0.15, 0.2) is 24.3 Å². The summed E-state index contributed by atoms with van der Waals surface area (Å²) < 4.78 is 0. The number of anilines is 1. The SMILES string of the molecule is CCC1CCCN(C(=O)CCc2cccc(N)c2)CC1. The minimum atomic E-state index is 0.296. The zero-order valence-corrected chi connectivity index (χ0v) is 12.5. The molecular weight excluding hydrogens is 248 g/mol. The van der Waals surface area contributed by atoms with Crippen LogP contribution in [0.2, 0.25) is 0 Å². The molecule has 0 radical (unpaired) electrons. The van der Waals surface area contributed by atoms with Crippen LogP contribution in [0.3, 0.4) is 0 Å². The maximum atomic E-state index is 12.3. The van der Waals surface area contributed by atoms with E-state index in [0.717, 1.165) is 43.1 Å². The van der Waals surface area contributed by atoms with E-state index >= 15 is 0 Å². The van der Waals surface area contributed by atoms with E-state index in [4.69, 9.17) is 5.73 Å². The Balaban J connectivity index is 1.82. The molecule has 1 aliphatic heterocycles. The summed E-state index contributed by atoms with van der Waals surface area (Å²) in [5, 5.41) is 0. The number of carbonyl (C=O) groups is 1. The Bertz CT molecular complexity index is 444. The van der Waals surface area contributed by atoms with E-state index in [2.05, 4.69) is 11.8 Å². The van der Waals surface area contributed by atoms with Crippen LogP contribution >= 0.6 is 0 Å². The Hall–Kier alpha value is -1.51. The Labute approximate surface area is 122 Å². The first-order valence-electron chi connectivity index (χ1n) is 7.81. The number of nitrogen functional groups attached to an aromatic ring is 1. The maximum absolute atomic E-state index is 12.3. The number of nitrogens with two attached hydrogens (primary N) is 1. The van der Waals surface area contributed by atoms with E-state index in [-0.39, 0.29) is 0 Å². The molecule has 1 unspecified atom stereocenters. The van der Waals surface area contributed by atoms with E-state index < -0.39 is 0 Å². The van der Waals surface area contributed by atoms with Crippen LogP contribution in [-0.2, 0) is 11.2 Å². The van der Waals surface area contributed by atoms with Gasteiger partial charge in [0.2, 0.25) is 5.91 Å². The highest BCUT2D eigenvalue weighted by atomic mass is 16.2. The topological polar surface area (TPSA) is 46.3 Å².